The van der Waals surface area contributed by atoms with Crippen LogP contribution >= 0.6 is 0 Å². The van der Waals surface area contributed by atoms with Crippen molar-refractivity contribution in [2.75, 3.05) is 33.2 Å². The van der Waals surface area contributed by atoms with Gasteiger partial charge in [-0.3, -0.25) is 14.5 Å². The van der Waals surface area contributed by atoms with Gasteiger partial charge in [-0.15, -0.1) is 0 Å². The smallest absolute Gasteiger partial charge is 0.237 e. The highest BCUT2D eigenvalue weighted by Gasteiger charge is 2.36. The van der Waals surface area contributed by atoms with Gasteiger partial charge in [-0.25, -0.2) is 0 Å². The summed E-state index contributed by atoms with van der Waals surface area (Å²) in [5.41, 5.74) is 1.06. The number of carbonyl (C=O) groups excluding carboxylic acids is 2. The van der Waals surface area contributed by atoms with Crippen molar-refractivity contribution in [2.24, 2.45) is 5.92 Å². The molecule has 2 aliphatic rings. The third kappa shape index (κ3) is 4.40. The summed E-state index contributed by atoms with van der Waals surface area (Å²) >= 11 is 0. The lowest BCUT2D eigenvalue weighted by Gasteiger charge is -2.40. The van der Waals surface area contributed by atoms with E-state index in [1.54, 1.807) is 7.05 Å². The second-order valence-corrected chi connectivity index (χ2v) is 7.18. The van der Waals surface area contributed by atoms with E-state index in [9.17, 15) is 9.59 Å². The van der Waals surface area contributed by atoms with Crippen LogP contribution in [0.25, 0.3) is 0 Å². The standard InChI is InChI=1S/C20H29N3O2/c1-21-20(25)19(17-9-5-6-10-17)23-13-11-22(12-14-23)18(24)15-16-7-3-2-4-8-16/h2-4,7-8,17,19H,5-6,9-15H2,1H3,(H,21,25). The van der Waals surface area contributed by atoms with Gasteiger partial charge in [0.1, 0.15) is 0 Å². The second-order valence-electron chi connectivity index (χ2n) is 7.18. The van der Waals surface area contributed by atoms with Gasteiger partial charge in [0, 0.05) is 33.2 Å². The molecule has 136 valence electrons. The number of rotatable bonds is 5. The van der Waals surface area contributed by atoms with E-state index in [0.717, 1.165) is 31.5 Å². The molecule has 3 rings (SSSR count). The molecule has 2 fully saturated rings. The van der Waals surface area contributed by atoms with Gasteiger partial charge in [0.25, 0.3) is 0 Å². The van der Waals surface area contributed by atoms with Gasteiger partial charge in [0.05, 0.1) is 12.5 Å². The quantitative estimate of drug-likeness (QED) is 0.885. The predicted molar refractivity (Wildman–Crippen MR) is 98.1 cm³/mol. The summed E-state index contributed by atoms with van der Waals surface area (Å²) in [7, 11) is 1.73. The zero-order chi connectivity index (χ0) is 17.6. The van der Waals surface area contributed by atoms with Crippen LogP contribution in [0.4, 0.5) is 0 Å². The molecule has 1 unspecified atom stereocenters. The first-order valence-corrected chi connectivity index (χ1v) is 9.46. The van der Waals surface area contributed by atoms with E-state index in [-0.39, 0.29) is 17.9 Å². The minimum atomic E-state index is -0.0288. The van der Waals surface area contributed by atoms with Crippen LogP contribution in [0.3, 0.4) is 0 Å². The van der Waals surface area contributed by atoms with Gasteiger partial charge >= 0.3 is 0 Å². The predicted octanol–water partition coefficient (Wildman–Crippen LogP) is 1.68. The number of amides is 2. The summed E-state index contributed by atoms with van der Waals surface area (Å²) < 4.78 is 0. The molecule has 1 atom stereocenters. The number of hydrogen-bond acceptors (Lipinski definition) is 3. The Kier molecular flexibility index (Phi) is 6.08. The molecule has 5 nitrogen and oxygen atoms in total. The fourth-order valence-electron chi connectivity index (χ4n) is 4.23. The molecule has 1 heterocycles. The number of likely N-dealkylation sites (N-methyl/N-ethyl adjacent to an activating group) is 1. The lowest BCUT2D eigenvalue weighted by molar-refractivity contribution is -0.134. The Hall–Kier alpha value is -1.88. The third-order valence-electron chi connectivity index (χ3n) is 5.62. The van der Waals surface area contributed by atoms with Crippen molar-refractivity contribution in [1.82, 2.24) is 15.1 Å². The summed E-state index contributed by atoms with van der Waals surface area (Å²) in [6.45, 7) is 3.00. The molecule has 0 aromatic heterocycles. The van der Waals surface area contributed by atoms with Crippen molar-refractivity contribution in [3.05, 3.63) is 35.9 Å². The van der Waals surface area contributed by atoms with Crippen LogP contribution in [0.15, 0.2) is 30.3 Å². The van der Waals surface area contributed by atoms with Crippen LogP contribution in [-0.4, -0.2) is 60.9 Å². The Morgan fingerprint density at radius 2 is 1.72 bits per heavy atom. The molecule has 1 aliphatic carbocycles. The van der Waals surface area contributed by atoms with Crippen molar-refractivity contribution in [1.29, 1.82) is 0 Å². The maximum absolute atomic E-state index is 12.5. The van der Waals surface area contributed by atoms with Gasteiger partial charge in [-0.1, -0.05) is 43.2 Å². The van der Waals surface area contributed by atoms with Gasteiger partial charge in [0.2, 0.25) is 11.8 Å². The van der Waals surface area contributed by atoms with Gasteiger partial charge in [-0.05, 0) is 24.3 Å². The van der Waals surface area contributed by atoms with E-state index in [2.05, 4.69) is 10.2 Å². The molecular formula is C20H29N3O2. The van der Waals surface area contributed by atoms with E-state index in [0.29, 0.717) is 25.4 Å². The van der Waals surface area contributed by atoms with Crippen LogP contribution in [0, 0.1) is 5.92 Å². The first-order chi connectivity index (χ1) is 12.2. The summed E-state index contributed by atoms with van der Waals surface area (Å²) in [6, 6.07) is 9.87. The van der Waals surface area contributed by atoms with Crippen LogP contribution in [0.1, 0.15) is 31.2 Å². The number of piperazine rings is 1. The van der Waals surface area contributed by atoms with Crippen molar-refractivity contribution >= 4 is 11.8 Å². The first-order valence-electron chi connectivity index (χ1n) is 9.46. The number of nitrogens with zero attached hydrogens (tertiary/aromatic N) is 2. The van der Waals surface area contributed by atoms with E-state index in [4.69, 9.17) is 0 Å². The molecule has 25 heavy (non-hydrogen) atoms. The van der Waals surface area contributed by atoms with Crippen molar-refractivity contribution < 1.29 is 9.59 Å². The SMILES string of the molecule is CNC(=O)C(C1CCCC1)N1CCN(C(=O)Cc2ccccc2)CC1. The molecule has 2 amide bonds. The Morgan fingerprint density at radius 1 is 1.08 bits per heavy atom. The normalized spacial score (nSPS) is 20.4. The highest BCUT2D eigenvalue weighted by Crippen LogP contribution is 2.31. The van der Waals surface area contributed by atoms with Crippen molar-refractivity contribution in [3.63, 3.8) is 0 Å². The van der Waals surface area contributed by atoms with Crippen LogP contribution in [0.5, 0.6) is 0 Å². The molecule has 1 saturated carbocycles. The average Bonchev–Trinajstić information content (AvgIpc) is 3.17. The average molecular weight is 343 g/mol. The second kappa shape index (κ2) is 8.48. The minimum Gasteiger partial charge on any atom is -0.358 e. The number of carbonyl (C=O) groups is 2. The zero-order valence-electron chi connectivity index (χ0n) is 15.1. The highest BCUT2D eigenvalue weighted by molar-refractivity contribution is 5.82. The van der Waals surface area contributed by atoms with Gasteiger partial charge in [-0.2, -0.15) is 0 Å². The Labute approximate surface area is 150 Å². The molecule has 1 aliphatic heterocycles. The third-order valence-corrected chi connectivity index (χ3v) is 5.62. The molecule has 0 radical (unpaired) electrons. The highest BCUT2D eigenvalue weighted by atomic mass is 16.2. The van der Waals surface area contributed by atoms with E-state index >= 15 is 0 Å². The fourth-order valence-corrected chi connectivity index (χ4v) is 4.23. The van der Waals surface area contributed by atoms with Gasteiger partial charge in [0.15, 0.2) is 0 Å². The summed E-state index contributed by atoms with van der Waals surface area (Å²) in [5, 5.41) is 2.84. The monoisotopic (exact) mass is 343 g/mol. The van der Waals surface area contributed by atoms with Crippen molar-refractivity contribution in [3.8, 4) is 0 Å². The Morgan fingerprint density at radius 3 is 2.32 bits per heavy atom. The Bertz CT molecular complexity index is 576. The first kappa shape index (κ1) is 17.9. The van der Waals surface area contributed by atoms with Crippen LogP contribution < -0.4 is 5.32 Å². The molecule has 1 N–H and O–H groups in total. The Balaban J connectivity index is 1.56. The summed E-state index contributed by atoms with van der Waals surface area (Å²) in [6.07, 6.45) is 5.21. The molecule has 1 aromatic rings. The van der Waals surface area contributed by atoms with E-state index < -0.39 is 0 Å². The van der Waals surface area contributed by atoms with E-state index in [1.165, 1.54) is 12.8 Å². The topological polar surface area (TPSA) is 52.7 Å². The molecule has 1 aromatic carbocycles. The molecule has 0 spiro atoms. The van der Waals surface area contributed by atoms with Crippen LogP contribution in [-0.2, 0) is 16.0 Å². The van der Waals surface area contributed by atoms with E-state index in [1.807, 2.05) is 35.2 Å². The number of nitrogens with one attached hydrogen (secondary N) is 1. The minimum absolute atomic E-state index is 0.0288. The zero-order valence-corrected chi connectivity index (χ0v) is 15.1. The molecule has 5 heteroatoms. The maximum atomic E-state index is 12.5. The molecule has 0 bridgehead atoms. The summed E-state index contributed by atoms with van der Waals surface area (Å²) in [4.78, 5) is 29.2. The lowest BCUT2D eigenvalue weighted by atomic mass is 9.95. The van der Waals surface area contributed by atoms with Crippen LogP contribution in [0.2, 0.25) is 0 Å². The maximum Gasteiger partial charge on any atom is 0.237 e. The number of hydrogen-bond donors (Lipinski definition) is 1. The fraction of sp³-hybridized carbons (Fsp3) is 0.600. The van der Waals surface area contributed by atoms with Gasteiger partial charge < -0.3 is 10.2 Å². The molecular weight excluding hydrogens is 314 g/mol. The largest absolute Gasteiger partial charge is 0.358 e. The van der Waals surface area contributed by atoms with Crippen molar-refractivity contribution in [2.45, 2.75) is 38.1 Å². The molecule has 1 saturated heterocycles. The number of benzene rings is 1. The summed E-state index contributed by atoms with van der Waals surface area (Å²) in [5.74, 6) is 0.783. The lowest BCUT2D eigenvalue weighted by Crippen LogP contribution is -2.57.